The van der Waals surface area contributed by atoms with Gasteiger partial charge < -0.3 is 15.1 Å². The average molecular weight is 470 g/mol. The summed E-state index contributed by atoms with van der Waals surface area (Å²) in [4.78, 5) is 26.8. The first kappa shape index (κ1) is 24.2. The summed E-state index contributed by atoms with van der Waals surface area (Å²) in [6.07, 6.45) is 0. The largest absolute Gasteiger partial charge is 0.459 e. The minimum Gasteiger partial charge on any atom is -0.459 e. The normalized spacial score (nSPS) is 12.9. The van der Waals surface area contributed by atoms with Crippen LogP contribution in [0.5, 0.6) is 0 Å². The van der Waals surface area contributed by atoms with Crippen molar-refractivity contribution in [3.63, 3.8) is 0 Å². The molecule has 0 fully saturated rings. The van der Waals surface area contributed by atoms with Gasteiger partial charge in [0.15, 0.2) is 0 Å². The van der Waals surface area contributed by atoms with E-state index in [0.29, 0.717) is 6.54 Å². The van der Waals surface area contributed by atoms with Crippen LogP contribution in [0.15, 0.2) is 89.3 Å². The quantitative estimate of drug-likeness (QED) is 0.323. The molecule has 2 atom stereocenters. The monoisotopic (exact) mass is 469 g/mol. The van der Waals surface area contributed by atoms with Gasteiger partial charge in [-0.15, -0.1) is 0 Å². The molecule has 0 unspecified atom stereocenters. The van der Waals surface area contributed by atoms with E-state index in [0.717, 1.165) is 33.5 Å². The minimum absolute atomic E-state index is 0.0591. The fourth-order valence-corrected chi connectivity index (χ4v) is 4.20. The third-order valence-electron chi connectivity index (χ3n) is 6.06. The number of para-hydroxylation sites is 1. The molecule has 2 amide bonds. The van der Waals surface area contributed by atoms with E-state index in [2.05, 4.69) is 34.6 Å². The topological polar surface area (TPSA) is 74.6 Å². The number of furan rings is 1. The zero-order chi connectivity index (χ0) is 24.8. The van der Waals surface area contributed by atoms with Gasteiger partial charge in [-0.3, -0.25) is 14.5 Å². The number of carbonyl (C=O) groups is 2. The van der Waals surface area contributed by atoms with E-state index in [1.807, 2.05) is 79.7 Å². The van der Waals surface area contributed by atoms with Crippen LogP contribution in [0.25, 0.3) is 11.0 Å². The van der Waals surface area contributed by atoms with Crippen molar-refractivity contribution >= 4 is 28.5 Å². The average Bonchev–Trinajstić information content (AvgIpc) is 3.28. The summed E-state index contributed by atoms with van der Waals surface area (Å²) >= 11 is 0. The van der Waals surface area contributed by atoms with Crippen LogP contribution < -0.4 is 10.6 Å². The molecule has 0 aliphatic heterocycles. The lowest BCUT2D eigenvalue weighted by atomic mass is 10.0. The van der Waals surface area contributed by atoms with Gasteiger partial charge in [0.25, 0.3) is 0 Å². The summed E-state index contributed by atoms with van der Waals surface area (Å²) in [6, 6.07) is 27.3. The van der Waals surface area contributed by atoms with Gasteiger partial charge in [-0.05, 0) is 49.2 Å². The number of benzene rings is 3. The summed E-state index contributed by atoms with van der Waals surface area (Å²) in [6.45, 7) is 6.32. The number of amides is 2. The Balaban J connectivity index is 1.50. The first-order valence-electron chi connectivity index (χ1n) is 11.8. The molecule has 6 nitrogen and oxygen atoms in total. The van der Waals surface area contributed by atoms with Crippen LogP contribution in [-0.4, -0.2) is 23.3 Å². The van der Waals surface area contributed by atoms with Crippen molar-refractivity contribution in [1.82, 2.24) is 10.2 Å². The zero-order valence-corrected chi connectivity index (χ0v) is 20.3. The van der Waals surface area contributed by atoms with Crippen LogP contribution in [0.3, 0.4) is 0 Å². The molecule has 0 radical (unpaired) electrons. The Labute approximate surface area is 205 Å². The number of anilines is 1. The zero-order valence-electron chi connectivity index (χ0n) is 20.3. The first-order valence-corrected chi connectivity index (χ1v) is 11.8. The molecular weight excluding hydrogens is 438 g/mol. The van der Waals surface area contributed by atoms with E-state index in [4.69, 9.17) is 4.42 Å². The Kier molecular flexibility index (Phi) is 7.63. The second-order valence-electron chi connectivity index (χ2n) is 8.85. The fraction of sp³-hybridized carbons (Fsp3) is 0.241. The Hall–Kier alpha value is -3.90. The Morgan fingerprint density at radius 1 is 0.914 bits per heavy atom. The molecule has 4 aromatic rings. The van der Waals surface area contributed by atoms with Crippen LogP contribution in [0.4, 0.5) is 5.69 Å². The number of hydrogen-bond donors (Lipinski definition) is 2. The van der Waals surface area contributed by atoms with Crippen molar-refractivity contribution in [1.29, 1.82) is 0 Å². The number of fused-ring (bicyclic) bond motifs is 1. The van der Waals surface area contributed by atoms with Crippen molar-refractivity contribution in [2.24, 2.45) is 0 Å². The molecule has 0 bridgehead atoms. The lowest BCUT2D eigenvalue weighted by Gasteiger charge is -2.29. The van der Waals surface area contributed by atoms with Crippen molar-refractivity contribution in [3.8, 4) is 0 Å². The molecule has 0 aliphatic carbocycles. The maximum absolute atomic E-state index is 13.1. The third kappa shape index (κ3) is 6.37. The molecule has 0 saturated carbocycles. The van der Waals surface area contributed by atoms with Crippen LogP contribution in [-0.2, 0) is 16.1 Å². The third-order valence-corrected chi connectivity index (χ3v) is 6.06. The van der Waals surface area contributed by atoms with Crippen LogP contribution in [0.1, 0.15) is 49.7 Å². The molecule has 0 aliphatic rings. The molecule has 4 rings (SSSR count). The molecule has 6 heteroatoms. The van der Waals surface area contributed by atoms with Crippen molar-refractivity contribution < 1.29 is 14.0 Å². The molecule has 3 aromatic carbocycles. The van der Waals surface area contributed by atoms with Crippen LogP contribution >= 0.6 is 0 Å². The first-order chi connectivity index (χ1) is 16.9. The lowest BCUT2D eigenvalue weighted by Crippen LogP contribution is -2.39. The summed E-state index contributed by atoms with van der Waals surface area (Å²) in [7, 11) is 0. The summed E-state index contributed by atoms with van der Waals surface area (Å²) < 4.78 is 5.93. The van der Waals surface area contributed by atoms with Gasteiger partial charge in [0, 0.05) is 30.6 Å². The maximum atomic E-state index is 13.1. The molecule has 180 valence electrons. The smallest absolute Gasteiger partial charge is 0.234 e. The second-order valence-corrected chi connectivity index (χ2v) is 8.85. The summed E-state index contributed by atoms with van der Waals surface area (Å²) in [5.41, 5.74) is 3.69. The SMILES string of the molecule is CC(=O)Nc1cccc([C@@H](C)N(CC(=O)N[C@H](C)c2cc3ccccc3o2)Cc2ccccc2)c1. The maximum Gasteiger partial charge on any atom is 0.234 e. The van der Waals surface area contributed by atoms with Crippen molar-refractivity contribution in [3.05, 3.63) is 102 Å². The highest BCUT2D eigenvalue weighted by atomic mass is 16.3. The van der Waals surface area contributed by atoms with Crippen LogP contribution in [0, 0.1) is 0 Å². The van der Waals surface area contributed by atoms with E-state index < -0.39 is 0 Å². The number of carbonyl (C=O) groups excluding carboxylic acids is 2. The number of hydrogen-bond acceptors (Lipinski definition) is 4. The minimum atomic E-state index is -0.258. The molecule has 35 heavy (non-hydrogen) atoms. The highest BCUT2D eigenvalue weighted by Gasteiger charge is 2.22. The molecule has 2 N–H and O–H groups in total. The molecule has 1 aromatic heterocycles. The Bertz CT molecular complexity index is 1270. The van der Waals surface area contributed by atoms with Gasteiger partial charge in [-0.25, -0.2) is 0 Å². The molecular formula is C29H31N3O3. The fourth-order valence-electron chi connectivity index (χ4n) is 4.20. The second kappa shape index (κ2) is 11.0. The Morgan fingerprint density at radius 3 is 2.40 bits per heavy atom. The highest BCUT2D eigenvalue weighted by molar-refractivity contribution is 5.88. The predicted octanol–water partition coefficient (Wildman–Crippen LogP) is 5.83. The van der Waals surface area contributed by atoms with Gasteiger partial charge in [-0.1, -0.05) is 60.7 Å². The number of nitrogens with zero attached hydrogens (tertiary/aromatic N) is 1. The van der Waals surface area contributed by atoms with Gasteiger partial charge in [0.1, 0.15) is 11.3 Å². The highest BCUT2D eigenvalue weighted by Crippen LogP contribution is 2.26. The van der Waals surface area contributed by atoms with E-state index in [-0.39, 0.29) is 30.4 Å². The van der Waals surface area contributed by atoms with Gasteiger partial charge in [-0.2, -0.15) is 0 Å². The van der Waals surface area contributed by atoms with E-state index in [1.54, 1.807) is 0 Å². The molecule has 0 spiro atoms. The number of rotatable bonds is 9. The van der Waals surface area contributed by atoms with Gasteiger partial charge in [0.2, 0.25) is 11.8 Å². The standard InChI is InChI=1S/C29H31N3O3/c1-20(28-17-25-12-7-8-15-27(25)35-28)30-29(34)19-32(18-23-10-5-4-6-11-23)21(2)24-13-9-14-26(16-24)31-22(3)33/h4-17,20-21H,18-19H2,1-3H3,(H,30,34)(H,31,33)/t20-,21-/m1/s1. The van der Waals surface area contributed by atoms with Crippen LogP contribution in [0.2, 0.25) is 0 Å². The Morgan fingerprint density at radius 2 is 1.66 bits per heavy atom. The van der Waals surface area contributed by atoms with E-state index in [9.17, 15) is 9.59 Å². The van der Waals surface area contributed by atoms with Gasteiger partial charge in [0.05, 0.1) is 12.6 Å². The predicted molar refractivity (Wildman–Crippen MR) is 139 cm³/mol. The number of nitrogens with one attached hydrogen (secondary N) is 2. The van der Waals surface area contributed by atoms with Gasteiger partial charge >= 0.3 is 0 Å². The molecule has 1 heterocycles. The molecule has 0 saturated heterocycles. The van der Waals surface area contributed by atoms with E-state index in [1.165, 1.54) is 6.92 Å². The van der Waals surface area contributed by atoms with Crippen molar-refractivity contribution in [2.45, 2.75) is 39.4 Å². The summed E-state index contributed by atoms with van der Waals surface area (Å²) in [5.74, 6) is 0.527. The lowest BCUT2D eigenvalue weighted by molar-refractivity contribution is -0.123. The van der Waals surface area contributed by atoms with E-state index >= 15 is 0 Å². The summed E-state index contributed by atoms with van der Waals surface area (Å²) in [5, 5.41) is 6.94. The van der Waals surface area contributed by atoms with Crippen molar-refractivity contribution in [2.75, 3.05) is 11.9 Å².